The van der Waals surface area contributed by atoms with Crippen molar-refractivity contribution in [1.82, 2.24) is 9.97 Å². The van der Waals surface area contributed by atoms with Gasteiger partial charge in [-0.05, 0) is 25.2 Å². The maximum Gasteiger partial charge on any atom is 0.134 e. The van der Waals surface area contributed by atoms with E-state index in [1.54, 1.807) is 6.07 Å². The van der Waals surface area contributed by atoms with E-state index >= 15 is 0 Å². The molecule has 1 aliphatic rings. The fourth-order valence-electron chi connectivity index (χ4n) is 2.38. The minimum atomic E-state index is 0.509. The van der Waals surface area contributed by atoms with Crippen LogP contribution in [0.3, 0.4) is 0 Å². The molecule has 2 atom stereocenters. The van der Waals surface area contributed by atoms with Gasteiger partial charge < -0.3 is 5.32 Å². The Morgan fingerprint density at radius 2 is 2.25 bits per heavy atom. The molecule has 3 nitrogen and oxygen atoms in total. The van der Waals surface area contributed by atoms with Crippen molar-refractivity contribution in [3.63, 3.8) is 0 Å². The summed E-state index contributed by atoms with van der Waals surface area (Å²) in [5, 5.41) is 3.87. The van der Waals surface area contributed by atoms with E-state index in [0.29, 0.717) is 5.15 Å². The fourth-order valence-corrected chi connectivity index (χ4v) is 2.61. The van der Waals surface area contributed by atoms with Crippen LogP contribution in [0.2, 0.25) is 5.15 Å². The summed E-state index contributed by atoms with van der Waals surface area (Å²) in [6.45, 7) is 5.18. The second-order valence-corrected chi connectivity index (χ2v) is 5.06. The van der Waals surface area contributed by atoms with Crippen LogP contribution in [0, 0.1) is 18.8 Å². The first-order valence-electron chi connectivity index (χ1n) is 5.90. The number of hydrogen-bond donors (Lipinski definition) is 1. The number of nitrogens with one attached hydrogen (secondary N) is 1. The van der Waals surface area contributed by atoms with Crippen LogP contribution in [0.25, 0.3) is 0 Å². The summed E-state index contributed by atoms with van der Waals surface area (Å²) < 4.78 is 0. The number of nitrogens with zero attached hydrogens (tertiary/aromatic N) is 2. The van der Waals surface area contributed by atoms with E-state index in [2.05, 4.69) is 22.2 Å². The van der Waals surface area contributed by atoms with Gasteiger partial charge in [-0.15, -0.1) is 0 Å². The fraction of sp³-hybridized carbons (Fsp3) is 0.667. The molecule has 1 saturated carbocycles. The van der Waals surface area contributed by atoms with Gasteiger partial charge in [-0.25, -0.2) is 9.97 Å². The van der Waals surface area contributed by atoms with Crippen LogP contribution in [0.5, 0.6) is 0 Å². The van der Waals surface area contributed by atoms with E-state index < -0.39 is 0 Å². The first-order chi connectivity index (χ1) is 7.65. The highest BCUT2D eigenvalue weighted by atomic mass is 35.5. The number of hydrogen-bond acceptors (Lipinski definition) is 3. The molecular weight excluding hydrogens is 222 g/mol. The largest absolute Gasteiger partial charge is 0.370 e. The number of aromatic nitrogens is 2. The molecular formula is C12H18ClN3. The first kappa shape index (κ1) is 11.6. The molecule has 16 heavy (non-hydrogen) atoms. The average molecular weight is 240 g/mol. The highest BCUT2D eigenvalue weighted by Gasteiger charge is 2.22. The molecule has 1 aromatic rings. The molecule has 1 aliphatic carbocycles. The molecule has 0 radical (unpaired) electrons. The Morgan fingerprint density at radius 3 is 2.88 bits per heavy atom. The molecule has 0 aromatic carbocycles. The van der Waals surface area contributed by atoms with E-state index in [1.165, 1.54) is 19.3 Å². The lowest BCUT2D eigenvalue weighted by Gasteiger charge is -2.16. The minimum Gasteiger partial charge on any atom is -0.370 e. The van der Waals surface area contributed by atoms with Gasteiger partial charge in [0.2, 0.25) is 0 Å². The van der Waals surface area contributed by atoms with Gasteiger partial charge in [-0.1, -0.05) is 31.4 Å². The summed E-state index contributed by atoms with van der Waals surface area (Å²) in [6.07, 6.45) is 4.04. The lowest BCUT2D eigenvalue weighted by atomic mass is 9.98. The monoisotopic (exact) mass is 239 g/mol. The standard InChI is InChI=1S/C12H18ClN3/c1-8-4-3-5-10(8)7-14-12-6-11(13)15-9(2)16-12/h6,8,10H,3-5,7H2,1-2H3,(H,14,15,16). The molecule has 4 heteroatoms. The predicted octanol–water partition coefficient (Wildman–Crippen LogP) is 3.29. The minimum absolute atomic E-state index is 0.509. The van der Waals surface area contributed by atoms with Crippen LogP contribution in [0.4, 0.5) is 5.82 Å². The third kappa shape index (κ3) is 2.85. The summed E-state index contributed by atoms with van der Waals surface area (Å²) in [6, 6.07) is 1.79. The molecule has 0 spiro atoms. The summed E-state index contributed by atoms with van der Waals surface area (Å²) in [5.74, 6) is 3.16. The van der Waals surface area contributed by atoms with Crippen molar-refractivity contribution in [2.24, 2.45) is 11.8 Å². The van der Waals surface area contributed by atoms with Crippen molar-refractivity contribution in [1.29, 1.82) is 0 Å². The van der Waals surface area contributed by atoms with Crippen LogP contribution in [0.1, 0.15) is 32.0 Å². The Hall–Kier alpha value is -0.830. The van der Waals surface area contributed by atoms with Crippen molar-refractivity contribution in [3.8, 4) is 0 Å². The van der Waals surface area contributed by atoms with Gasteiger partial charge in [0.05, 0.1) is 0 Å². The van der Waals surface area contributed by atoms with E-state index in [9.17, 15) is 0 Å². The molecule has 2 unspecified atom stereocenters. The topological polar surface area (TPSA) is 37.8 Å². The Balaban J connectivity index is 1.94. The van der Waals surface area contributed by atoms with Crippen LogP contribution < -0.4 is 5.32 Å². The smallest absolute Gasteiger partial charge is 0.134 e. The van der Waals surface area contributed by atoms with Gasteiger partial charge in [0.25, 0.3) is 0 Å². The summed E-state index contributed by atoms with van der Waals surface area (Å²) in [7, 11) is 0. The quantitative estimate of drug-likeness (QED) is 0.823. The summed E-state index contributed by atoms with van der Waals surface area (Å²) in [4.78, 5) is 8.36. The van der Waals surface area contributed by atoms with Crippen molar-refractivity contribution < 1.29 is 0 Å². The highest BCUT2D eigenvalue weighted by molar-refractivity contribution is 6.29. The SMILES string of the molecule is Cc1nc(Cl)cc(NCC2CCCC2C)n1. The van der Waals surface area contributed by atoms with Gasteiger partial charge in [-0.3, -0.25) is 0 Å². The molecule has 1 heterocycles. The molecule has 1 fully saturated rings. The zero-order valence-corrected chi connectivity index (χ0v) is 10.6. The Labute approximate surface area is 102 Å². The van der Waals surface area contributed by atoms with Gasteiger partial charge in [-0.2, -0.15) is 0 Å². The van der Waals surface area contributed by atoms with E-state index in [1.807, 2.05) is 6.92 Å². The Bertz CT molecular complexity index is 347. The molecule has 2 rings (SSSR count). The lowest BCUT2D eigenvalue weighted by Crippen LogP contribution is -2.17. The number of halogens is 1. The normalized spacial score (nSPS) is 24.7. The number of rotatable bonds is 3. The Morgan fingerprint density at radius 1 is 1.44 bits per heavy atom. The second kappa shape index (κ2) is 5.00. The molecule has 88 valence electrons. The van der Waals surface area contributed by atoms with Crippen molar-refractivity contribution in [2.75, 3.05) is 11.9 Å². The van der Waals surface area contributed by atoms with Crippen molar-refractivity contribution in [2.45, 2.75) is 33.1 Å². The lowest BCUT2D eigenvalue weighted by molar-refractivity contribution is 0.439. The average Bonchev–Trinajstić information content (AvgIpc) is 2.59. The zero-order chi connectivity index (χ0) is 11.5. The van der Waals surface area contributed by atoms with E-state index in [0.717, 1.165) is 30.0 Å². The van der Waals surface area contributed by atoms with E-state index in [4.69, 9.17) is 11.6 Å². The summed E-state index contributed by atoms with van der Waals surface area (Å²) >= 11 is 5.88. The molecule has 0 aliphatic heterocycles. The summed E-state index contributed by atoms with van der Waals surface area (Å²) in [5.41, 5.74) is 0. The molecule has 0 bridgehead atoms. The van der Waals surface area contributed by atoms with Crippen molar-refractivity contribution >= 4 is 17.4 Å². The van der Waals surface area contributed by atoms with Crippen LogP contribution in [-0.4, -0.2) is 16.5 Å². The van der Waals surface area contributed by atoms with Crippen molar-refractivity contribution in [3.05, 3.63) is 17.0 Å². The third-order valence-electron chi connectivity index (χ3n) is 3.39. The number of aryl methyl sites for hydroxylation is 1. The number of anilines is 1. The maximum absolute atomic E-state index is 5.88. The van der Waals surface area contributed by atoms with Crippen LogP contribution in [0.15, 0.2) is 6.07 Å². The Kier molecular flexibility index (Phi) is 3.64. The second-order valence-electron chi connectivity index (χ2n) is 4.67. The van der Waals surface area contributed by atoms with Gasteiger partial charge in [0.15, 0.2) is 0 Å². The maximum atomic E-state index is 5.88. The first-order valence-corrected chi connectivity index (χ1v) is 6.28. The van der Waals surface area contributed by atoms with E-state index in [-0.39, 0.29) is 0 Å². The highest BCUT2D eigenvalue weighted by Crippen LogP contribution is 2.31. The van der Waals surface area contributed by atoms with Gasteiger partial charge in [0.1, 0.15) is 16.8 Å². The van der Waals surface area contributed by atoms with Crippen LogP contribution in [-0.2, 0) is 0 Å². The molecule has 1 N–H and O–H groups in total. The third-order valence-corrected chi connectivity index (χ3v) is 3.58. The molecule has 1 aromatic heterocycles. The van der Waals surface area contributed by atoms with Gasteiger partial charge in [0, 0.05) is 12.6 Å². The predicted molar refractivity (Wildman–Crippen MR) is 66.8 cm³/mol. The van der Waals surface area contributed by atoms with Gasteiger partial charge >= 0.3 is 0 Å². The zero-order valence-electron chi connectivity index (χ0n) is 9.83. The molecule has 0 amide bonds. The van der Waals surface area contributed by atoms with Crippen LogP contribution >= 0.6 is 11.6 Å². The molecule has 0 saturated heterocycles.